The van der Waals surface area contributed by atoms with Gasteiger partial charge in [-0.1, -0.05) is 0 Å². The molecular formula is C5H13NO2. The molecule has 1 atom stereocenters. The quantitative estimate of drug-likeness (QED) is 0.470. The Balaban J connectivity index is 3.71. The molecule has 0 aromatic rings. The first-order valence-corrected chi connectivity index (χ1v) is 2.51. The van der Waals surface area contributed by atoms with E-state index in [1.807, 2.05) is 0 Å². The molecule has 0 heterocycles. The van der Waals surface area contributed by atoms with Gasteiger partial charge in [-0.25, -0.2) is 0 Å². The molecule has 0 saturated carbocycles. The fourth-order valence-corrected chi connectivity index (χ4v) is 0.141. The molecular weight excluding hydrogens is 106 g/mol. The van der Waals surface area contributed by atoms with Crippen molar-refractivity contribution in [1.82, 2.24) is 4.90 Å². The van der Waals surface area contributed by atoms with Crippen LogP contribution in [0.25, 0.3) is 0 Å². The van der Waals surface area contributed by atoms with E-state index >= 15 is 0 Å². The minimum Gasteiger partial charge on any atom is -0.392 e. The molecule has 2 N–H and O–H groups in total. The van der Waals surface area contributed by atoms with Gasteiger partial charge in [0.05, 0.1) is 6.61 Å². The second-order valence-corrected chi connectivity index (χ2v) is 2.27. The maximum absolute atomic E-state index is 9.08. The molecule has 0 amide bonds. The Morgan fingerprint density at radius 1 is 1.50 bits per heavy atom. The number of likely N-dealkylation sites (N-methyl/N-ethyl adjacent to an activating group) is 1. The summed E-state index contributed by atoms with van der Waals surface area (Å²) in [6, 6.07) is 0. The van der Waals surface area contributed by atoms with Crippen molar-refractivity contribution in [1.29, 1.82) is 0 Å². The molecule has 0 aliphatic carbocycles. The topological polar surface area (TPSA) is 43.7 Å². The van der Waals surface area contributed by atoms with Crippen LogP contribution in [0, 0.1) is 0 Å². The fraction of sp³-hybridized carbons (Fsp3) is 1.00. The van der Waals surface area contributed by atoms with Gasteiger partial charge >= 0.3 is 0 Å². The molecule has 0 radical (unpaired) electrons. The lowest BCUT2D eigenvalue weighted by Crippen LogP contribution is -2.44. The number of rotatable bonds is 2. The van der Waals surface area contributed by atoms with Gasteiger partial charge in [0.2, 0.25) is 0 Å². The first-order valence-electron chi connectivity index (χ1n) is 2.51. The largest absolute Gasteiger partial charge is 0.392 e. The first kappa shape index (κ1) is 7.88. The molecule has 0 aromatic heterocycles. The second-order valence-electron chi connectivity index (χ2n) is 2.27. The molecule has 50 valence electrons. The number of nitrogens with zero attached hydrogens (tertiary/aromatic N) is 1. The van der Waals surface area contributed by atoms with E-state index in [0.29, 0.717) is 0 Å². The van der Waals surface area contributed by atoms with Crippen molar-refractivity contribution in [3.05, 3.63) is 0 Å². The van der Waals surface area contributed by atoms with Crippen LogP contribution in [0.15, 0.2) is 0 Å². The van der Waals surface area contributed by atoms with Crippen molar-refractivity contribution in [2.75, 3.05) is 20.7 Å². The molecule has 0 aliphatic heterocycles. The van der Waals surface area contributed by atoms with Gasteiger partial charge in [-0.05, 0) is 21.0 Å². The van der Waals surface area contributed by atoms with E-state index in [1.54, 1.807) is 25.9 Å². The van der Waals surface area contributed by atoms with E-state index in [1.165, 1.54) is 0 Å². The molecule has 0 aliphatic rings. The lowest BCUT2D eigenvalue weighted by Gasteiger charge is -2.27. The summed E-state index contributed by atoms with van der Waals surface area (Å²) in [7, 11) is 3.41. The van der Waals surface area contributed by atoms with E-state index in [-0.39, 0.29) is 6.61 Å². The monoisotopic (exact) mass is 119 g/mol. The van der Waals surface area contributed by atoms with Crippen molar-refractivity contribution in [3.8, 4) is 0 Å². The Labute approximate surface area is 49.5 Å². The van der Waals surface area contributed by atoms with Gasteiger partial charge in [-0.15, -0.1) is 0 Å². The second kappa shape index (κ2) is 2.44. The van der Waals surface area contributed by atoms with Gasteiger partial charge in [0.15, 0.2) is 0 Å². The van der Waals surface area contributed by atoms with Crippen molar-refractivity contribution in [3.63, 3.8) is 0 Å². The molecule has 3 heteroatoms. The van der Waals surface area contributed by atoms with E-state index < -0.39 is 5.72 Å². The number of hydrogen-bond acceptors (Lipinski definition) is 3. The third-order valence-corrected chi connectivity index (χ3v) is 1.26. The average Bonchev–Trinajstić information content (AvgIpc) is 1.67. The van der Waals surface area contributed by atoms with E-state index in [9.17, 15) is 0 Å². The number of hydrogen-bond donors (Lipinski definition) is 2. The Morgan fingerprint density at radius 2 is 1.88 bits per heavy atom. The molecule has 0 fully saturated rings. The first-order chi connectivity index (χ1) is 3.50. The Kier molecular flexibility index (Phi) is 2.40. The molecule has 0 spiro atoms. The molecule has 0 rings (SSSR count). The van der Waals surface area contributed by atoms with Crippen LogP contribution in [-0.2, 0) is 0 Å². The fourth-order valence-electron chi connectivity index (χ4n) is 0.141. The summed E-state index contributed by atoms with van der Waals surface area (Å²) in [4.78, 5) is 1.55. The SMILES string of the molecule is CN(C)C(C)(O)CO. The van der Waals surface area contributed by atoms with Crippen molar-refractivity contribution in [2.45, 2.75) is 12.6 Å². The Hall–Kier alpha value is -0.120. The number of aliphatic hydroxyl groups is 2. The van der Waals surface area contributed by atoms with Crippen LogP contribution >= 0.6 is 0 Å². The zero-order chi connectivity index (χ0) is 6.78. The smallest absolute Gasteiger partial charge is 0.138 e. The lowest BCUT2D eigenvalue weighted by molar-refractivity contribution is -0.101. The van der Waals surface area contributed by atoms with Crippen LogP contribution in [0.4, 0.5) is 0 Å². The summed E-state index contributed by atoms with van der Waals surface area (Å²) < 4.78 is 0. The van der Waals surface area contributed by atoms with Crippen molar-refractivity contribution in [2.24, 2.45) is 0 Å². The van der Waals surface area contributed by atoms with Crippen LogP contribution in [0.5, 0.6) is 0 Å². The van der Waals surface area contributed by atoms with Gasteiger partial charge < -0.3 is 10.2 Å². The van der Waals surface area contributed by atoms with Gasteiger partial charge in [-0.3, -0.25) is 4.90 Å². The minimum atomic E-state index is -1.07. The van der Waals surface area contributed by atoms with Crippen LogP contribution in [0.2, 0.25) is 0 Å². The maximum Gasteiger partial charge on any atom is 0.138 e. The molecule has 0 bridgehead atoms. The van der Waals surface area contributed by atoms with Crippen LogP contribution in [0.3, 0.4) is 0 Å². The molecule has 0 aromatic carbocycles. The zero-order valence-electron chi connectivity index (χ0n) is 5.55. The molecule has 0 saturated heterocycles. The third kappa shape index (κ3) is 1.78. The average molecular weight is 119 g/mol. The van der Waals surface area contributed by atoms with E-state index in [0.717, 1.165) is 0 Å². The van der Waals surface area contributed by atoms with Crippen molar-refractivity contribution < 1.29 is 10.2 Å². The van der Waals surface area contributed by atoms with Crippen LogP contribution in [-0.4, -0.2) is 41.5 Å². The maximum atomic E-state index is 9.08. The molecule has 8 heavy (non-hydrogen) atoms. The summed E-state index contributed by atoms with van der Waals surface area (Å²) in [5.74, 6) is 0. The van der Waals surface area contributed by atoms with Gasteiger partial charge in [0, 0.05) is 0 Å². The highest BCUT2D eigenvalue weighted by Gasteiger charge is 2.20. The Morgan fingerprint density at radius 3 is 1.88 bits per heavy atom. The summed E-state index contributed by atoms with van der Waals surface area (Å²) in [5, 5.41) is 17.5. The highest BCUT2D eigenvalue weighted by Crippen LogP contribution is 2.02. The molecule has 3 nitrogen and oxygen atoms in total. The predicted molar refractivity (Wildman–Crippen MR) is 31.4 cm³/mol. The van der Waals surface area contributed by atoms with E-state index in [2.05, 4.69) is 0 Å². The predicted octanol–water partition coefficient (Wildman–Crippen LogP) is -0.751. The van der Waals surface area contributed by atoms with Crippen molar-refractivity contribution >= 4 is 0 Å². The van der Waals surface area contributed by atoms with Crippen LogP contribution in [0.1, 0.15) is 6.92 Å². The summed E-state index contributed by atoms with van der Waals surface area (Å²) in [6.07, 6.45) is 0. The normalized spacial score (nSPS) is 18.8. The number of aliphatic hydroxyl groups excluding tert-OH is 1. The Bertz CT molecular complexity index is 70.8. The highest BCUT2D eigenvalue weighted by molar-refractivity contribution is 4.65. The third-order valence-electron chi connectivity index (χ3n) is 1.26. The summed E-state index contributed by atoms with van der Waals surface area (Å²) in [6.45, 7) is 1.31. The molecule has 1 unspecified atom stereocenters. The van der Waals surface area contributed by atoms with Gasteiger partial charge in [-0.2, -0.15) is 0 Å². The lowest BCUT2D eigenvalue weighted by atomic mass is 10.3. The van der Waals surface area contributed by atoms with Gasteiger partial charge in [0.1, 0.15) is 5.72 Å². The minimum absolute atomic E-state index is 0.236. The summed E-state index contributed by atoms with van der Waals surface area (Å²) in [5.41, 5.74) is -1.07. The summed E-state index contributed by atoms with van der Waals surface area (Å²) >= 11 is 0. The van der Waals surface area contributed by atoms with E-state index in [4.69, 9.17) is 10.2 Å². The van der Waals surface area contributed by atoms with Gasteiger partial charge in [0.25, 0.3) is 0 Å². The standard InChI is InChI=1S/C5H13NO2/c1-5(8,4-7)6(2)3/h7-8H,4H2,1-3H3. The highest BCUT2D eigenvalue weighted by atomic mass is 16.3. The zero-order valence-corrected chi connectivity index (χ0v) is 5.55. The van der Waals surface area contributed by atoms with Crippen LogP contribution < -0.4 is 0 Å².